The van der Waals surface area contributed by atoms with E-state index in [2.05, 4.69) is 15.4 Å². The van der Waals surface area contributed by atoms with E-state index in [1.807, 2.05) is 6.92 Å². The molecule has 2 rings (SSSR count). The highest BCUT2D eigenvalue weighted by atomic mass is 32.1. The van der Waals surface area contributed by atoms with E-state index in [1.165, 1.54) is 12.8 Å². The van der Waals surface area contributed by atoms with E-state index in [0.29, 0.717) is 6.54 Å². The fraction of sp³-hybridized carbons (Fsp3) is 0.750. The molecule has 1 fully saturated rings. The van der Waals surface area contributed by atoms with Crippen molar-refractivity contribution in [1.82, 2.24) is 9.88 Å². The first-order valence-corrected chi connectivity index (χ1v) is 6.97. The number of rotatable bonds is 6. The quantitative estimate of drug-likeness (QED) is 0.790. The van der Waals surface area contributed by atoms with Crippen LogP contribution in [0.15, 0.2) is 0 Å². The molecule has 101 valence electrons. The number of halogens is 3. The average molecular weight is 277 g/mol. The molecule has 2 nitrogen and oxygen atoms in total. The highest BCUT2D eigenvalue weighted by molar-refractivity contribution is 7.09. The van der Waals surface area contributed by atoms with Crippen LogP contribution in [-0.4, -0.2) is 23.0 Å². The molecule has 0 saturated heterocycles. The van der Waals surface area contributed by atoms with Crippen molar-refractivity contribution < 1.29 is 13.2 Å². The van der Waals surface area contributed by atoms with Gasteiger partial charge in [-0.05, 0) is 25.4 Å². The lowest BCUT2D eigenvalue weighted by Gasteiger charge is -2.20. The summed E-state index contributed by atoms with van der Waals surface area (Å²) in [5, 5.41) is 0. The lowest BCUT2D eigenvalue weighted by atomic mass is 10.2. The lowest BCUT2D eigenvalue weighted by molar-refractivity contribution is -0.141. The molecule has 0 N–H and O–H groups in total. The van der Waals surface area contributed by atoms with Crippen molar-refractivity contribution in [1.29, 1.82) is 0 Å². The third-order valence-electron chi connectivity index (χ3n) is 3.22. The van der Waals surface area contributed by atoms with E-state index >= 15 is 0 Å². The molecule has 1 aromatic heterocycles. The average Bonchev–Trinajstić information content (AvgIpc) is 3.00. The van der Waals surface area contributed by atoms with Crippen molar-refractivity contribution in [2.45, 2.75) is 38.9 Å². The zero-order valence-corrected chi connectivity index (χ0v) is 11.1. The zero-order chi connectivity index (χ0) is 13.2. The van der Waals surface area contributed by atoms with Gasteiger partial charge in [0.2, 0.25) is 0 Å². The minimum absolute atomic E-state index is 0.278. The van der Waals surface area contributed by atoms with Crippen molar-refractivity contribution in [3.05, 3.63) is 16.1 Å². The molecule has 1 aromatic rings. The van der Waals surface area contributed by atoms with Gasteiger partial charge in [0.25, 0.3) is 0 Å². The summed E-state index contributed by atoms with van der Waals surface area (Å²) in [6, 6.07) is 0. The number of thiazole rings is 1. The molecule has 0 aromatic carbocycles. The van der Waals surface area contributed by atoms with Gasteiger partial charge in [-0.15, -0.1) is 11.3 Å². The SMILES string of the molecule is CCN(CCC1CC1)Cc1s[c]nc1C(F)(F)F. The van der Waals surface area contributed by atoms with Crippen LogP contribution in [-0.2, 0) is 12.7 Å². The summed E-state index contributed by atoms with van der Waals surface area (Å²) in [5.41, 5.74) is 1.59. The van der Waals surface area contributed by atoms with Crippen LogP contribution in [0.4, 0.5) is 13.2 Å². The molecule has 0 spiro atoms. The summed E-state index contributed by atoms with van der Waals surface area (Å²) in [6.45, 7) is 3.95. The highest BCUT2D eigenvalue weighted by Crippen LogP contribution is 2.34. The first kappa shape index (κ1) is 13.8. The monoisotopic (exact) mass is 277 g/mol. The fourth-order valence-electron chi connectivity index (χ4n) is 1.89. The van der Waals surface area contributed by atoms with Crippen LogP contribution in [0, 0.1) is 11.4 Å². The number of nitrogens with zero attached hydrogens (tertiary/aromatic N) is 2. The Labute approximate surface area is 109 Å². The minimum atomic E-state index is -4.36. The lowest BCUT2D eigenvalue weighted by Crippen LogP contribution is -2.25. The van der Waals surface area contributed by atoms with Crippen molar-refractivity contribution >= 4 is 11.3 Å². The van der Waals surface area contributed by atoms with Gasteiger partial charge in [0, 0.05) is 6.54 Å². The first-order valence-electron chi connectivity index (χ1n) is 6.16. The van der Waals surface area contributed by atoms with Gasteiger partial charge in [0.05, 0.1) is 4.88 Å². The number of hydrogen-bond donors (Lipinski definition) is 0. The summed E-state index contributed by atoms with van der Waals surface area (Å²) < 4.78 is 38.0. The molecule has 0 aliphatic heterocycles. The van der Waals surface area contributed by atoms with Gasteiger partial charge in [0.15, 0.2) is 11.2 Å². The molecule has 1 aliphatic rings. The Morgan fingerprint density at radius 1 is 1.44 bits per heavy atom. The molecule has 0 atom stereocenters. The molecule has 18 heavy (non-hydrogen) atoms. The molecule has 0 amide bonds. The number of hydrogen-bond acceptors (Lipinski definition) is 3. The van der Waals surface area contributed by atoms with E-state index in [0.717, 1.165) is 36.8 Å². The summed E-state index contributed by atoms with van der Waals surface area (Å²) in [5.74, 6) is 0.800. The van der Waals surface area contributed by atoms with Gasteiger partial charge in [-0.25, -0.2) is 4.98 Å². The molecular formula is C12H16F3N2S. The maximum Gasteiger partial charge on any atom is 0.434 e. The Morgan fingerprint density at radius 3 is 2.72 bits per heavy atom. The van der Waals surface area contributed by atoms with Gasteiger partial charge in [0.1, 0.15) is 0 Å². The zero-order valence-electron chi connectivity index (χ0n) is 10.3. The van der Waals surface area contributed by atoms with E-state index in [-0.39, 0.29) is 4.88 Å². The van der Waals surface area contributed by atoms with Crippen molar-refractivity contribution in [3.63, 3.8) is 0 Å². The van der Waals surface area contributed by atoms with Gasteiger partial charge < -0.3 is 0 Å². The van der Waals surface area contributed by atoms with Crippen molar-refractivity contribution in [2.75, 3.05) is 13.1 Å². The Hall–Kier alpha value is -0.620. The minimum Gasteiger partial charge on any atom is -0.298 e. The van der Waals surface area contributed by atoms with E-state index in [1.54, 1.807) is 0 Å². The molecule has 0 unspecified atom stereocenters. The van der Waals surface area contributed by atoms with Crippen LogP contribution < -0.4 is 0 Å². The van der Waals surface area contributed by atoms with Crippen molar-refractivity contribution in [2.24, 2.45) is 5.92 Å². The number of alkyl halides is 3. The van der Waals surface area contributed by atoms with E-state index < -0.39 is 11.9 Å². The highest BCUT2D eigenvalue weighted by Gasteiger charge is 2.36. The molecule has 1 radical (unpaired) electrons. The maximum atomic E-state index is 12.7. The Balaban J connectivity index is 1.95. The summed E-state index contributed by atoms with van der Waals surface area (Å²) in [4.78, 5) is 5.65. The number of aromatic nitrogens is 1. The molecule has 0 bridgehead atoms. The Kier molecular flexibility index (Phi) is 4.27. The van der Waals surface area contributed by atoms with Crippen molar-refractivity contribution in [3.8, 4) is 0 Å². The standard InChI is InChI=1S/C12H16F3N2S/c1-2-17(6-5-9-3-4-9)7-10-11(12(13,14)15)16-8-18-10/h9H,2-7H2,1H3. The van der Waals surface area contributed by atoms with Gasteiger partial charge >= 0.3 is 6.18 Å². The van der Waals surface area contributed by atoms with E-state index in [4.69, 9.17) is 0 Å². The van der Waals surface area contributed by atoms with Crippen LogP contribution in [0.3, 0.4) is 0 Å². The fourth-order valence-corrected chi connectivity index (χ4v) is 2.64. The predicted octanol–water partition coefficient (Wildman–Crippen LogP) is 3.58. The second-order valence-electron chi connectivity index (χ2n) is 4.68. The Bertz CT molecular complexity index is 385. The summed E-state index contributed by atoms with van der Waals surface area (Å²) in [6.07, 6.45) is -0.709. The molecular weight excluding hydrogens is 261 g/mol. The van der Waals surface area contributed by atoms with Crippen LogP contribution in [0.2, 0.25) is 0 Å². The van der Waals surface area contributed by atoms with Crippen LogP contribution in [0.25, 0.3) is 0 Å². The molecule has 1 saturated carbocycles. The van der Waals surface area contributed by atoms with Gasteiger partial charge in [-0.3, -0.25) is 4.90 Å². The smallest absolute Gasteiger partial charge is 0.298 e. The second kappa shape index (κ2) is 5.57. The third kappa shape index (κ3) is 3.68. The van der Waals surface area contributed by atoms with E-state index in [9.17, 15) is 13.2 Å². The maximum absolute atomic E-state index is 12.7. The van der Waals surface area contributed by atoms with Crippen LogP contribution in [0.1, 0.15) is 36.8 Å². The molecule has 1 aliphatic carbocycles. The predicted molar refractivity (Wildman–Crippen MR) is 64.2 cm³/mol. The first-order chi connectivity index (χ1) is 8.50. The third-order valence-corrected chi connectivity index (χ3v) is 3.98. The largest absolute Gasteiger partial charge is 0.434 e. The topological polar surface area (TPSA) is 16.1 Å². The molecule has 1 heterocycles. The summed E-state index contributed by atoms with van der Waals surface area (Å²) >= 11 is 0.972. The normalized spacial score (nSPS) is 16.5. The Morgan fingerprint density at radius 2 is 2.17 bits per heavy atom. The van der Waals surface area contributed by atoms with Crippen LogP contribution in [0.5, 0.6) is 0 Å². The van der Waals surface area contributed by atoms with Gasteiger partial charge in [-0.2, -0.15) is 13.2 Å². The van der Waals surface area contributed by atoms with Gasteiger partial charge in [-0.1, -0.05) is 19.8 Å². The molecule has 6 heteroatoms. The summed E-state index contributed by atoms with van der Waals surface area (Å²) in [7, 11) is 0. The second-order valence-corrected chi connectivity index (χ2v) is 5.56. The van der Waals surface area contributed by atoms with Crippen LogP contribution >= 0.6 is 11.3 Å².